The molecular weight excluding hydrogens is 234 g/mol. The van der Waals surface area contributed by atoms with Crippen LogP contribution in [0, 0.1) is 0 Å². The summed E-state index contributed by atoms with van der Waals surface area (Å²) < 4.78 is 4.44. The molecule has 0 unspecified atom stereocenters. The van der Waals surface area contributed by atoms with Gasteiger partial charge in [-0.1, -0.05) is 17.4 Å². The fraction of sp³-hybridized carbons (Fsp3) is 0.286. The second kappa shape index (κ2) is 5.75. The average molecular weight is 243 g/mol. The molecule has 0 saturated carbocycles. The summed E-state index contributed by atoms with van der Waals surface area (Å²) >= 11 is 4.53. The van der Waals surface area contributed by atoms with Crippen molar-refractivity contribution < 1.29 is 14.1 Å². The number of rotatable bonds is 4. The fourth-order valence-electron chi connectivity index (χ4n) is 0.758. The number of hydrogen-bond acceptors (Lipinski definition) is 6. The average Bonchev–Trinajstić information content (AvgIpc) is 2.75. The molecular formula is C7H9N5O3S. The molecule has 2 amide bonds. The van der Waals surface area contributed by atoms with Crippen LogP contribution in [0.2, 0.25) is 0 Å². The van der Waals surface area contributed by atoms with Crippen molar-refractivity contribution in [1.29, 1.82) is 0 Å². The molecule has 86 valence electrons. The van der Waals surface area contributed by atoms with E-state index in [1.807, 2.05) is 0 Å². The number of amides is 2. The largest absolute Gasteiger partial charge is 0.392 e. The first kappa shape index (κ1) is 12.0. The molecule has 0 spiro atoms. The highest BCUT2D eigenvalue weighted by molar-refractivity contribution is 7.80. The van der Waals surface area contributed by atoms with Gasteiger partial charge in [-0.2, -0.15) is 4.98 Å². The first-order valence-electron chi connectivity index (χ1n) is 4.19. The van der Waals surface area contributed by atoms with E-state index >= 15 is 0 Å². The molecule has 0 fully saturated rings. The SMILES string of the molecule is NC(=S)CNC(=O)C(=O)NCc1ncon1. The van der Waals surface area contributed by atoms with E-state index in [0.717, 1.165) is 6.39 Å². The Morgan fingerprint density at radius 3 is 2.69 bits per heavy atom. The number of nitrogens with one attached hydrogen (secondary N) is 2. The lowest BCUT2D eigenvalue weighted by atomic mass is 10.5. The number of carbonyl (C=O) groups excluding carboxylic acids is 2. The molecule has 0 bridgehead atoms. The van der Waals surface area contributed by atoms with Crippen molar-refractivity contribution >= 4 is 29.0 Å². The van der Waals surface area contributed by atoms with Gasteiger partial charge in [0.1, 0.15) is 0 Å². The van der Waals surface area contributed by atoms with Crippen molar-refractivity contribution in [2.45, 2.75) is 6.54 Å². The van der Waals surface area contributed by atoms with Crippen LogP contribution in [0.4, 0.5) is 0 Å². The highest BCUT2D eigenvalue weighted by Gasteiger charge is 2.13. The summed E-state index contributed by atoms with van der Waals surface area (Å²) in [6.07, 6.45) is 1.12. The predicted molar refractivity (Wildman–Crippen MR) is 55.9 cm³/mol. The van der Waals surface area contributed by atoms with Gasteiger partial charge in [0.2, 0.25) is 6.39 Å². The van der Waals surface area contributed by atoms with E-state index < -0.39 is 11.8 Å². The summed E-state index contributed by atoms with van der Waals surface area (Å²) in [5.74, 6) is -1.37. The summed E-state index contributed by atoms with van der Waals surface area (Å²) in [5, 5.41) is 7.97. The van der Waals surface area contributed by atoms with Crippen LogP contribution in [-0.4, -0.2) is 33.5 Å². The van der Waals surface area contributed by atoms with E-state index in [1.165, 1.54) is 0 Å². The van der Waals surface area contributed by atoms with Gasteiger partial charge in [-0.3, -0.25) is 9.59 Å². The molecule has 1 aromatic heterocycles. The maximum Gasteiger partial charge on any atom is 0.309 e. The number of nitrogens with zero attached hydrogens (tertiary/aromatic N) is 2. The lowest BCUT2D eigenvalue weighted by Gasteiger charge is -2.03. The second-order valence-electron chi connectivity index (χ2n) is 2.68. The van der Waals surface area contributed by atoms with Crippen molar-refractivity contribution in [2.75, 3.05) is 6.54 Å². The predicted octanol–water partition coefficient (Wildman–Crippen LogP) is -1.91. The van der Waals surface area contributed by atoms with Crippen LogP contribution in [0.15, 0.2) is 10.9 Å². The van der Waals surface area contributed by atoms with Gasteiger partial charge in [-0.15, -0.1) is 0 Å². The van der Waals surface area contributed by atoms with Crippen LogP contribution >= 0.6 is 12.2 Å². The van der Waals surface area contributed by atoms with Crippen LogP contribution in [0.5, 0.6) is 0 Å². The van der Waals surface area contributed by atoms with E-state index in [0.29, 0.717) is 0 Å². The van der Waals surface area contributed by atoms with E-state index in [-0.39, 0.29) is 23.9 Å². The maximum atomic E-state index is 11.2. The third kappa shape index (κ3) is 4.00. The molecule has 0 atom stereocenters. The molecule has 9 heteroatoms. The number of thiocarbonyl (C=S) groups is 1. The Hall–Kier alpha value is -2.03. The molecule has 0 radical (unpaired) electrons. The van der Waals surface area contributed by atoms with Gasteiger partial charge in [0.15, 0.2) is 5.82 Å². The van der Waals surface area contributed by atoms with Crippen molar-refractivity contribution in [3.8, 4) is 0 Å². The summed E-state index contributed by atoms with van der Waals surface area (Å²) in [4.78, 5) is 26.0. The van der Waals surface area contributed by atoms with E-state index in [2.05, 4.69) is 37.5 Å². The minimum absolute atomic E-state index is 0.00975. The molecule has 4 N–H and O–H groups in total. The number of nitrogens with two attached hydrogens (primary N) is 1. The number of hydrogen-bond donors (Lipinski definition) is 3. The van der Waals surface area contributed by atoms with Gasteiger partial charge in [0, 0.05) is 0 Å². The minimum Gasteiger partial charge on any atom is -0.392 e. The quantitative estimate of drug-likeness (QED) is 0.416. The monoisotopic (exact) mass is 243 g/mol. The smallest absolute Gasteiger partial charge is 0.309 e. The minimum atomic E-state index is -0.823. The van der Waals surface area contributed by atoms with Crippen LogP contribution in [0.3, 0.4) is 0 Å². The van der Waals surface area contributed by atoms with Gasteiger partial charge < -0.3 is 20.9 Å². The molecule has 1 aromatic rings. The van der Waals surface area contributed by atoms with Gasteiger partial charge >= 0.3 is 11.8 Å². The molecule has 0 saturated heterocycles. The third-order valence-corrected chi connectivity index (χ3v) is 1.59. The molecule has 0 aliphatic heterocycles. The highest BCUT2D eigenvalue weighted by atomic mass is 32.1. The van der Waals surface area contributed by atoms with E-state index in [9.17, 15) is 9.59 Å². The maximum absolute atomic E-state index is 11.2. The summed E-state index contributed by atoms with van der Waals surface area (Å²) in [6, 6.07) is 0. The Labute approximate surface area is 95.6 Å². The Bertz CT molecular complexity index is 391. The van der Waals surface area contributed by atoms with E-state index in [4.69, 9.17) is 5.73 Å². The first-order chi connectivity index (χ1) is 7.59. The zero-order valence-electron chi connectivity index (χ0n) is 8.10. The Morgan fingerprint density at radius 1 is 1.44 bits per heavy atom. The summed E-state index contributed by atoms with van der Waals surface area (Å²) in [7, 11) is 0. The van der Waals surface area contributed by atoms with Gasteiger partial charge in [-0.25, -0.2) is 0 Å². The molecule has 8 nitrogen and oxygen atoms in total. The van der Waals surface area contributed by atoms with Crippen molar-refractivity contribution in [3.05, 3.63) is 12.2 Å². The van der Waals surface area contributed by atoms with E-state index in [1.54, 1.807) is 0 Å². The van der Waals surface area contributed by atoms with Crippen LogP contribution in [0.25, 0.3) is 0 Å². The summed E-state index contributed by atoms with van der Waals surface area (Å²) in [5.41, 5.74) is 5.14. The molecule has 1 rings (SSSR count). The Morgan fingerprint density at radius 2 is 2.12 bits per heavy atom. The molecule has 0 aromatic carbocycles. The van der Waals surface area contributed by atoms with Crippen molar-refractivity contribution in [1.82, 2.24) is 20.8 Å². The first-order valence-corrected chi connectivity index (χ1v) is 4.60. The summed E-state index contributed by atoms with van der Waals surface area (Å²) in [6.45, 7) is -0.0143. The van der Waals surface area contributed by atoms with Gasteiger partial charge in [0.25, 0.3) is 0 Å². The Kier molecular flexibility index (Phi) is 4.33. The third-order valence-electron chi connectivity index (χ3n) is 1.44. The topological polar surface area (TPSA) is 123 Å². The zero-order chi connectivity index (χ0) is 12.0. The van der Waals surface area contributed by atoms with Crippen LogP contribution in [0.1, 0.15) is 5.82 Å². The highest BCUT2D eigenvalue weighted by Crippen LogP contribution is 1.86. The van der Waals surface area contributed by atoms with Crippen molar-refractivity contribution in [2.24, 2.45) is 5.73 Å². The van der Waals surface area contributed by atoms with Gasteiger partial charge in [0.05, 0.1) is 18.1 Å². The molecule has 0 aliphatic rings. The fourth-order valence-corrected chi connectivity index (χ4v) is 0.830. The zero-order valence-corrected chi connectivity index (χ0v) is 8.91. The number of carbonyl (C=O) groups is 2. The van der Waals surface area contributed by atoms with Crippen molar-refractivity contribution in [3.63, 3.8) is 0 Å². The molecule has 0 aliphatic carbocycles. The lowest BCUT2D eigenvalue weighted by Crippen LogP contribution is -2.42. The molecule has 1 heterocycles. The lowest BCUT2D eigenvalue weighted by molar-refractivity contribution is -0.139. The molecule has 16 heavy (non-hydrogen) atoms. The van der Waals surface area contributed by atoms with Gasteiger partial charge in [-0.05, 0) is 0 Å². The van der Waals surface area contributed by atoms with Crippen LogP contribution < -0.4 is 16.4 Å². The second-order valence-corrected chi connectivity index (χ2v) is 3.20. The Balaban J connectivity index is 2.29. The normalized spacial score (nSPS) is 9.50. The standard InChI is InChI=1S/C7H9N5O3S/c8-4(16)1-9-6(13)7(14)10-2-5-11-3-15-12-5/h3H,1-2H2,(H2,8,16)(H,9,13)(H,10,14). The number of aromatic nitrogens is 2. The van der Waals surface area contributed by atoms with Crippen LogP contribution in [-0.2, 0) is 16.1 Å².